The number of rotatable bonds is 9. The molecule has 0 N–H and O–H groups in total. The molecule has 0 unspecified atom stereocenters. The second kappa shape index (κ2) is 27.4. The van der Waals surface area contributed by atoms with Crippen LogP contribution in [0.1, 0.15) is 0 Å². The quantitative estimate of drug-likeness (QED) is 0.138. The summed E-state index contributed by atoms with van der Waals surface area (Å²) in [5, 5.41) is 15.2. The van der Waals surface area contributed by atoms with Crippen molar-refractivity contribution >= 4 is 131 Å². The minimum absolute atomic E-state index is 1.16. The number of hydrogen-bond donors (Lipinski definition) is 0. The Labute approximate surface area is 658 Å². The first-order chi connectivity index (χ1) is 56.6. The van der Waals surface area contributed by atoms with Crippen LogP contribution in [0.4, 0.5) is 0 Å². The van der Waals surface area contributed by atoms with Gasteiger partial charge in [-0.1, -0.05) is 309 Å². The minimum atomic E-state index is 1.16. The molecule has 0 bridgehead atoms. The second-order valence-electron chi connectivity index (χ2n) is 29.5. The number of aromatic nitrogens is 6. The average molecular weight is 1450 g/mol. The van der Waals surface area contributed by atoms with Crippen molar-refractivity contribution in [3.63, 3.8) is 0 Å². The van der Waals surface area contributed by atoms with E-state index in [0.717, 1.165) is 11.4 Å². The topological polar surface area (TPSA) is 29.6 Å². The predicted octanol–water partition coefficient (Wildman–Crippen LogP) is 28.6. The molecule has 0 spiro atoms. The standard InChI is InChI=1S/3C36H24N2/c1-3-11-25(12-4-1)26-19-21-28(22-20-26)38-34-18-10-8-16-30(34)32-23-35-31(24-36(32)38)29-15-7-9-17-33(29)37(35)27-13-5-2-6-14-27;1-3-11-25(12-4-1)26-19-21-28(22-20-26)37-33-18-10-8-16-31(33)35-34(37)24-23-30-29-15-7-9-17-32(29)38(36(30)35)27-13-5-2-6-14-27;1-3-11-25(12-4-1)26-19-21-28(22-20-26)38-34-18-10-8-16-30(34)32-24-23-31-29-15-7-9-17-33(29)37(35(31)36(32)38)27-13-5-2-6-14-27/h3*1-24H. The lowest BCUT2D eigenvalue weighted by molar-refractivity contribution is 1.15. The van der Waals surface area contributed by atoms with E-state index in [-0.39, 0.29) is 0 Å². The Bertz CT molecular complexity index is 7730. The van der Waals surface area contributed by atoms with Gasteiger partial charge in [0.15, 0.2) is 0 Å². The Hall–Kier alpha value is -15.2. The van der Waals surface area contributed by atoms with Crippen LogP contribution < -0.4 is 0 Å². The number of para-hydroxylation sites is 9. The van der Waals surface area contributed by atoms with E-state index in [1.165, 1.54) is 187 Å². The first-order valence-electron chi connectivity index (χ1n) is 39.1. The Morgan fingerprint density at radius 2 is 0.333 bits per heavy atom. The van der Waals surface area contributed by atoms with Crippen LogP contribution >= 0.6 is 0 Å². The molecule has 18 aromatic carbocycles. The third-order valence-electron chi connectivity index (χ3n) is 23.1. The summed E-state index contributed by atoms with van der Waals surface area (Å²) in [5.41, 5.74) is 29.1. The first kappa shape index (κ1) is 65.8. The molecule has 0 atom stereocenters. The largest absolute Gasteiger partial charge is 0.309 e. The molecule has 0 saturated heterocycles. The van der Waals surface area contributed by atoms with E-state index in [2.05, 4.69) is 464 Å². The highest BCUT2D eigenvalue weighted by Gasteiger charge is 2.25. The molecule has 6 heteroatoms. The van der Waals surface area contributed by atoms with Gasteiger partial charge in [0.1, 0.15) is 0 Å². The maximum Gasteiger partial charge on any atom is 0.0788 e. The smallest absolute Gasteiger partial charge is 0.0788 e. The zero-order valence-corrected chi connectivity index (χ0v) is 62.3. The lowest BCUT2D eigenvalue weighted by atomic mass is 10.1. The average Bonchev–Trinajstić information content (AvgIpc) is 1.53. The SMILES string of the molecule is c1ccc(-c2ccc(-n3c4ccccc4c4c3ccc3c5ccccc5n(-c5ccccc5)c34)cc2)cc1.c1ccc(-c2ccc(-n3c4ccccc4c4cc5c(cc43)c3ccccc3n5-c3ccccc3)cc2)cc1.c1ccc(-c2ccc(-n3c4ccccc4c4ccc5c6ccccc6n(-c6ccccc6)c5c43)cc2)cc1. The molecule has 0 saturated carbocycles. The monoisotopic (exact) mass is 1450 g/mol. The Balaban J connectivity index is 0.000000104. The number of benzene rings is 18. The Morgan fingerprint density at radius 3 is 0.684 bits per heavy atom. The summed E-state index contributed by atoms with van der Waals surface area (Å²) < 4.78 is 14.5. The van der Waals surface area contributed by atoms with Crippen molar-refractivity contribution < 1.29 is 0 Å². The van der Waals surface area contributed by atoms with Gasteiger partial charge in [0, 0.05) is 98.8 Å². The van der Waals surface area contributed by atoms with Crippen LogP contribution in [0.2, 0.25) is 0 Å². The molecule has 0 aliphatic heterocycles. The van der Waals surface area contributed by atoms with Gasteiger partial charge in [0.05, 0.1) is 66.2 Å². The summed E-state index contributed by atoms with van der Waals surface area (Å²) in [4.78, 5) is 0. The molecular weight excluding hydrogens is 1380 g/mol. The van der Waals surface area contributed by atoms with Gasteiger partial charge in [-0.05, 0) is 161 Å². The lowest BCUT2D eigenvalue weighted by Gasteiger charge is -2.13. The molecular formula is C108H72N6. The number of hydrogen-bond acceptors (Lipinski definition) is 0. The Kier molecular flexibility index (Phi) is 15.8. The van der Waals surface area contributed by atoms with Crippen LogP contribution in [0, 0.1) is 0 Å². The molecule has 534 valence electrons. The van der Waals surface area contributed by atoms with Gasteiger partial charge in [0.2, 0.25) is 0 Å². The molecule has 0 fully saturated rings. The lowest BCUT2D eigenvalue weighted by Crippen LogP contribution is -1.98. The van der Waals surface area contributed by atoms with E-state index in [9.17, 15) is 0 Å². The highest BCUT2D eigenvalue weighted by molar-refractivity contribution is 6.27. The predicted molar refractivity (Wildman–Crippen MR) is 482 cm³/mol. The van der Waals surface area contributed by atoms with E-state index < -0.39 is 0 Å². The van der Waals surface area contributed by atoms with Crippen LogP contribution in [0.15, 0.2) is 437 Å². The maximum absolute atomic E-state index is 2.44. The molecule has 114 heavy (non-hydrogen) atoms. The summed E-state index contributed by atoms with van der Waals surface area (Å²) in [7, 11) is 0. The molecule has 0 radical (unpaired) electrons. The molecule has 0 aliphatic rings. The van der Waals surface area contributed by atoms with Gasteiger partial charge in [-0.3, -0.25) is 0 Å². The van der Waals surface area contributed by atoms with Gasteiger partial charge in [-0.15, -0.1) is 0 Å². The molecule has 6 heterocycles. The summed E-state index contributed by atoms with van der Waals surface area (Å²) in [6.07, 6.45) is 0. The van der Waals surface area contributed by atoms with Crippen molar-refractivity contribution in [1.82, 2.24) is 27.4 Å². The van der Waals surface area contributed by atoms with Crippen molar-refractivity contribution in [3.8, 4) is 67.5 Å². The second-order valence-corrected chi connectivity index (χ2v) is 29.5. The maximum atomic E-state index is 2.44. The summed E-state index contributed by atoms with van der Waals surface area (Å²) in [6.45, 7) is 0. The van der Waals surface area contributed by atoms with Crippen LogP contribution in [0.5, 0.6) is 0 Å². The Morgan fingerprint density at radius 1 is 0.114 bits per heavy atom. The van der Waals surface area contributed by atoms with E-state index in [1.54, 1.807) is 0 Å². The molecule has 0 aliphatic carbocycles. The van der Waals surface area contributed by atoms with Crippen LogP contribution in [-0.2, 0) is 0 Å². The van der Waals surface area contributed by atoms with Crippen molar-refractivity contribution in [3.05, 3.63) is 437 Å². The van der Waals surface area contributed by atoms with Gasteiger partial charge >= 0.3 is 0 Å². The molecule has 6 nitrogen and oxygen atoms in total. The van der Waals surface area contributed by atoms with E-state index in [0.29, 0.717) is 0 Å². The molecule has 0 amide bonds. The van der Waals surface area contributed by atoms with Crippen LogP contribution in [0.3, 0.4) is 0 Å². The van der Waals surface area contributed by atoms with E-state index in [4.69, 9.17) is 0 Å². The zero-order valence-electron chi connectivity index (χ0n) is 62.3. The third-order valence-corrected chi connectivity index (χ3v) is 23.1. The first-order valence-corrected chi connectivity index (χ1v) is 39.1. The van der Waals surface area contributed by atoms with Crippen LogP contribution in [-0.4, -0.2) is 27.4 Å². The molecule has 24 rings (SSSR count). The van der Waals surface area contributed by atoms with E-state index >= 15 is 0 Å². The van der Waals surface area contributed by atoms with Crippen molar-refractivity contribution in [2.45, 2.75) is 0 Å². The fourth-order valence-electron chi connectivity index (χ4n) is 18.1. The van der Waals surface area contributed by atoms with Gasteiger partial charge < -0.3 is 27.4 Å². The highest BCUT2D eigenvalue weighted by atomic mass is 15.1. The molecule has 24 aromatic rings. The number of nitrogens with zero attached hydrogens (tertiary/aromatic N) is 6. The summed E-state index contributed by atoms with van der Waals surface area (Å²) in [6, 6.07) is 157. The van der Waals surface area contributed by atoms with Gasteiger partial charge in [-0.25, -0.2) is 0 Å². The third kappa shape index (κ3) is 10.8. The highest BCUT2D eigenvalue weighted by Crippen LogP contribution is 2.46. The van der Waals surface area contributed by atoms with Gasteiger partial charge in [-0.2, -0.15) is 0 Å². The number of fused-ring (bicyclic) bond motifs is 20. The fraction of sp³-hybridized carbons (Fsp3) is 0. The zero-order chi connectivity index (χ0) is 75.2. The summed E-state index contributed by atoms with van der Waals surface area (Å²) >= 11 is 0. The van der Waals surface area contributed by atoms with Crippen molar-refractivity contribution in [2.75, 3.05) is 0 Å². The van der Waals surface area contributed by atoms with Crippen molar-refractivity contribution in [1.29, 1.82) is 0 Å². The van der Waals surface area contributed by atoms with Crippen LogP contribution in [0.25, 0.3) is 198 Å². The fourth-order valence-corrected chi connectivity index (χ4v) is 18.1. The van der Waals surface area contributed by atoms with Crippen molar-refractivity contribution in [2.24, 2.45) is 0 Å². The van der Waals surface area contributed by atoms with E-state index in [1.807, 2.05) is 0 Å². The minimum Gasteiger partial charge on any atom is -0.309 e. The summed E-state index contributed by atoms with van der Waals surface area (Å²) in [5.74, 6) is 0. The van der Waals surface area contributed by atoms with Gasteiger partial charge in [0.25, 0.3) is 0 Å². The normalized spacial score (nSPS) is 11.7. The molecule has 6 aromatic heterocycles.